The summed E-state index contributed by atoms with van der Waals surface area (Å²) in [5.74, 6) is 0. The summed E-state index contributed by atoms with van der Waals surface area (Å²) in [5.41, 5.74) is 10.5. The summed E-state index contributed by atoms with van der Waals surface area (Å²) < 4.78 is 1.79. The Balaban J connectivity index is 2.21. The van der Waals surface area contributed by atoms with Crippen LogP contribution in [0.15, 0.2) is 24.4 Å². The molecule has 1 heterocycles. The Hall–Kier alpha value is -1.32. The lowest BCUT2D eigenvalue weighted by Gasteiger charge is -2.12. The van der Waals surface area contributed by atoms with E-state index in [1.165, 1.54) is 0 Å². The van der Waals surface area contributed by atoms with E-state index in [4.69, 9.17) is 17.3 Å². The second kappa shape index (κ2) is 5.12. The average molecular weight is 264 g/mol. The Labute approximate surface area is 113 Å². The molecule has 2 aromatic rings. The Kier molecular flexibility index (Phi) is 3.73. The van der Waals surface area contributed by atoms with Gasteiger partial charge in [0.25, 0.3) is 0 Å². The van der Waals surface area contributed by atoms with Crippen LogP contribution < -0.4 is 5.73 Å². The van der Waals surface area contributed by atoms with E-state index in [9.17, 15) is 0 Å². The normalized spacial score (nSPS) is 12.7. The monoisotopic (exact) mass is 263 g/mol. The van der Waals surface area contributed by atoms with Gasteiger partial charge in [-0.3, -0.25) is 4.68 Å². The lowest BCUT2D eigenvalue weighted by Crippen LogP contribution is -2.14. The maximum Gasteiger partial charge on any atom is 0.0641 e. The van der Waals surface area contributed by atoms with Crippen molar-refractivity contribution < 1.29 is 0 Å². The van der Waals surface area contributed by atoms with Crippen LogP contribution in [0.1, 0.15) is 28.4 Å². The van der Waals surface area contributed by atoms with E-state index in [-0.39, 0.29) is 6.04 Å². The van der Waals surface area contributed by atoms with E-state index in [1.54, 1.807) is 4.68 Å². The van der Waals surface area contributed by atoms with Gasteiger partial charge in [0, 0.05) is 29.9 Å². The smallest absolute Gasteiger partial charge is 0.0641 e. The second-order valence-corrected chi connectivity index (χ2v) is 5.16. The first kappa shape index (κ1) is 13.1. The topological polar surface area (TPSA) is 43.8 Å². The number of halogens is 1. The van der Waals surface area contributed by atoms with E-state index in [2.05, 4.69) is 11.2 Å². The Morgan fingerprint density at radius 3 is 2.67 bits per heavy atom. The van der Waals surface area contributed by atoms with Gasteiger partial charge in [-0.1, -0.05) is 23.7 Å². The SMILES string of the molecule is Cc1ccc(CC(N)c2cn(C)nc2C)c(Cl)c1. The van der Waals surface area contributed by atoms with Crippen LogP contribution in [0.2, 0.25) is 5.02 Å². The highest BCUT2D eigenvalue weighted by atomic mass is 35.5. The minimum absolute atomic E-state index is 0.0705. The fourth-order valence-electron chi connectivity index (χ4n) is 2.15. The van der Waals surface area contributed by atoms with Gasteiger partial charge in [0.05, 0.1) is 5.69 Å². The molecule has 3 nitrogen and oxygen atoms in total. The molecule has 1 unspecified atom stereocenters. The minimum Gasteiger partial charge on any atom is -0.324 e. The summed E-state index contributed by atoms with van der Waals surface area (Å²) in [6.07, 6.45) is 2.70. The van der Waals surface area contributed by atoms with Gasteiger partial charge in [-0.2, -0.15) is 5.10 Å². The number of hydrogen-bond donors (Lipinski definition) is 1. The Morgan fingerprint density at radius 1 is 1.39 bits per heavy atom. The highest BCUT2D eigenvalue weighted by molar-refractivity contribution is 6.31. The predicted molar refractivity (Wildman–Crippen MR) is 74.8 cm³/mol. The van der Waals surface area contributed by atoms with Gasteiger partial charge >= 0.3 is 0 Å². The maximum atomic E-state index is 6.24. The minimum atomic E-state index is -0.0705. The molecule has 1 aromatic heterocycles. The van der Waals surface area contributed by atoms with Crippen molar-refractivity contribution in [2.45, 2.75) is 26.3 Å². The summed E-state index contributed by atoms with van der Waals surface area (Å²) in [5, 5.41) is 5.10. The average Bonchev–Trinajstić information content (AvgIpc) is 2.62. The first-order valence-electron chi connectivity index (χ1n) is 5.98. The molecule has 0 aliphatic heterocycles. The van der Waals surface area contributed by atoms with Crippen LogP contribution in [0, 0.1) is 13.8 Å². The molecule has 0 saturated heterocycles. The largest absolute Gasteiger partial charge is 0.324 e. The molecular formula is C14H18ClN3. The number of aromatic nitrogens is 2. The highest BCUT2D eigenvalue weighted by Crippen LogP contribution is 2.24. The molecule has 0 spiro atoms. The number of aryl methyl sites for hydroxylation is 3. The van der Waals surface area contributed by atoms with E-state index in [1.807, 2.05) is 39.2 Å². The van der Waals surface area contributed by atoms with Crippen LogP contribution >= 0.6 is 11.6 Å². The fourth-order valence-corrected chi connectivity index (χ4v) is 2.46. The number of nitrogens with zero attached hydrogens (tertiary/aromatic N) is 2. The molecule has 18 heavy (non-hydrogen) atoms. The highest BCUT2D eigenvalue weighted by Gasteiger charge is 2.14. The van der Waals surface area contributed by atoms with Gasteiger partial charge in [-0.05, 0) is 37.5 Å². The van der Waals surface area contributed by atoms with E-state index < -0.39 is 0 Å². The van der Waals surface area contributed by atoms with Gasteiger partial charge < -0.3 is 5.73 Å². The molecule has 2 rings (SSSR count). The van der Waals surface area contributed by atoms with Crippen molar-refractivity contribution in [3.8, 4) is 0 Å². The van der Waals surface area contributed by atoms with Gasteiger partial charge in [0.1, 0.15) is 0 Å². The molecule has 0 radical (unpaired) electrons. The van der Waals surface area contributed by atoms with Gasteiger partial charge in [-0.15, -0.1) is 0 Å². The summed E-state index contributed by atoms with van der Waals surface area (Å²) in [6, 6.07) is 6.01. The number of nitrogens with two attached hydrogens (primary N) is 1. The number of rotatable bonds is 3. The molecule has 0 bridgehead atoms. The van der Waals surface area contributed by atoms with Crippen LogP contribution in [0.3, 0.4) is 0 Å². The zero-order valence-electron chi connectivity index (χ0n) is 10.9. The summed E-state index contributed by atoms with van der Waals surface area (Å²) in [7, 11) is 1.90. The molecule has 0 saturated carbocycles. The zero-order valence-corrected chi connectivity index (χ0v) is 11.7. The van der Waals surface area contributed by atoms with E-state index >= 15 is 0 Å². The lowest BCUT2D eigenvalue weighted by molar-refractivity contribution is 0.715. The van der Waals surface area contributed by atoms with Gasteiger partial charge in [-0.25, -0.2) is 0 Å². The van der Waals surface area contributed by atoms with Crippen molar-refractivity contribution in [1.29, 1.82) is 0 Å². The quantitative estimate of drug-likeness (QED) is 0.925. The second-order valence-electron chi connectivity index (χ2n) is 4.75. The van der Waals surface area contributed by atoms with E-state index in [0.29, 0.717) is 0 Å². The predicted octanol–water partition coefficient (Wildman–Crippen LogP) is 2.93. The third-order valence-electron chi connectivity index (χ3n) is 3.10. The molecule has 96 valence electrons. The summed E-state index contributed by atoms with van der Waals surface area (Å²) in [4.78, 5) is 0. The fraction of sp³-hybridized carbons (Fsp3) is 0.357. The first-order valence-corrected chi connectivity index (χ1v) is 6.36. The van der Waals surface area contributed by atoms with Gasteiger partial charge in [0.2, 0.25) is 0 Å². The van der Waals surface area contributed by atoms with Crippen molar-refractivity contribution >= 4 is 11.6 Å². The van der Waals surface area contributed by atoms with Crippen LogP contribution in [0.5, 0.6) is 0 Å². The molecule has 0 aliphatic carbocycles. The van der Waals surface area contributed by atoms with Crippen molar-refractivity contribution in [3.63, 3.8) is 0 Å². The van der Waals surface area contributed by atoms with Crippen LogP contribution in [0.25, 0.3) is 0 Å². The summed E-state index contributed by atoms with van der Waals surface area (Å²) >= 11 is 6.23. The Bertz CT molecular complexity index is 560. The van der Waals surface area contributed by atoms with Crippen molar-refractivity contribution in [2.24, 2.45) is 12.8 Å². The standard InChI is InChI=1S/C14H18ClN3/c1-9-4-5-11(13(15)6-9)7-14(16)12-8-18(3)17-10(12)2/h4-6,8,14H,7,16H2,1-3H3. The third-order valence-corrected chi connectivity index (χ3v) is 3.45. The molecule has 0 amide bonds. The maximum absolute atomic E-state index is 6.24. The van der Waals surface area contributed by atoms with Crippen LogP contribution in [-0.2, 0) is 13.5 Å². The lowest BCUT2D eigenvalue weighted by atomic mass is 9.99. The first-order chi connectivity index (χ1) is 8.47. The zero-order chi connectivity index (χ0) is 13.3. The van der Waals surface area contributed by atoms with Crippen LogP contribution in [-0.4, -0.2) is 9.78 Å². The van der Waals surface area contributed by atoms with Gasteiger partial charge in [0.15, 0.2) is 0 Å². The van der Waals surface area contributed by atoms with Crippen molar-refractivity contribution in [3.05, 3.63) is 51.8 Å². The van der Waals surface area contributed by atoms with Crippen LogP contribution in [0.4, 0.5) is 0 Å². The molecule has 0 fully saturated rings. The Morgan fingerprint density at radius 2 is 2.11 bits per heavy atom. The third kappa shape index (κ3) is 2.74. The number of hydrogen-bond acceptors (Lipinski definition) is 2. The molecule has 2 N–H and O–H groups in total. The summed E-state index contributed by atoms with van der Waals surface area (Å²) in [6.45, 7) is 4.01. The molecule has 1 atom stereocenters. The molecule has 4 heteroatoms. The molecule has 1 aromatic carbocycles. The van der Waals surface area contributed by atoms with Crippen molar-refractivity contribution in [1.82, 2.24) is 9.78 Å². The number of benzene rings is 1. The molecule has 0 aliphatic rings. The van der Waals surface area contributed by atoms with Crippen molar-refractivity contribution in [2.75, 3.05) is 0 Å². The molecular weight excluding hydrogens is 246 g/mol. The van der Waals surface area contributed by atoms with E-state index in [0.717, 1.165) is 33.8 Å².